The summed E-state index contributed by atoms with van der Waals surface area (Å²) < 4.78 is 13.3. The van der Waals surface area contributed by atoms with Gasteiger partial charge in [-0.1, -0.05) is 39.7 Å². The second-order valence-corrected chi connectivity index (χ2v) is 9.78. The first-order valence-electron chi connectivity index (χ1n) is 9.23. The van der Waals surface area contributed by atoms with Crippen LogP contribution in [-0.4, -0.2) is 25.5 Å². The second kappa shape index (κ2) is 9.66. The van der Waals surface area contributed by atoms with E-state index in [0.29, 0.717) is 21.4 Å². The van der Waals surface area contributed by atoms with Crippen LogP contribution >= 0.6 is 54.8 Å². The summed E-state index contributed by atoms with van der Waals surface area (Å²) in [5.41, 5.74) is 4.72. The predicted molar refractivity (Wildman–Crippen MR) is 134 cm³/mol. The van der Waals surface area contributed by atoms with Crippen molar-refractivity contribution in [3.63, 3.8) is 0 Å². The minimum Gasteiger partial charge on any atom is -0.497 e. The highest BCUT2D eigenvalue weighted by atomic mass is 79.9. The summed E-state index contributed by atoms with van der Waals surface area (Å²) >= 11 is 14.5. The molecule has 0 aliphatic heterocycles. The van der Waals surface area contributed by atoms with Crippen molar-refractivity contribution < 1.29 is 19.1 Å². The van der Waals surface area contributed by atoms with E-state index >= 15 is 0 Å². The van der Waals surface area contributed by atoms with Gasteiger partial charge < -0.3 is 9.47 Å². The van der Waals surface area contributed by atoms with E-state index in [9.17, 15) is 9.59 Å². The summed E-state index contributed by atoms with van der Waals surface area (Å²) in [4.78, 5) is 25.0. The number of nitrogens with one attached hydrogen (secondary N) is 2. The quantitative estimate of drug-likeness (QED) is 0.273. The lowest BCUT2D eigenvalue weighted by Crippen LogP contribution is -2.43. The fraction of sp³-hybridized carbons (Fsp3) is 0.0909. The van der Waals surface area contributed by atoms with E-state index in [2.05, 4.69) is 42.7 Å². The first-order valence-corrected chi connectivity index (χ1v) is 12.0. The number of halogens is 3. The van der Waals surface area contributed by atoms with E-state index < -0.39 is 11.8 Å². The summed E-state index contributed by atoms with van der Waals surface area (Å²) in [5.74, 6) is 0.157. The predicted octanol–water partition coefficient (Wildman–Crippen LogP) is 6.08. The third-order valence-corrected chi connectivity index (χ3v) is 7.56. The highest BCUT2D eigenvalue weighted by molar-refractivity contribution is 9.11. The number of ether oxygens (including phenoxy) is 2. The smallest absolute Gasteiger partial charge is 0.281 e. The van der Waals surface area contributed by atoms with Gasteiger partial charge in [0, 0.05) is 14.6 Å². The van der Waals surface area contributed by atoms with Gasteiger partial charge >= 0.3 is 0 Å². The minimum atomic E-state index is -0.514. The standard InChI is InChI=1S/C22H15Br2ClN2O4S/c1-30-13-4-6-15-17(9-13)32-21(20(15)25)22(29)27-26-18(28)10-31-16-7-2-11-8-12(23)3-5-14(11)19(16)24/h2-9H,10H2,1H3,(H,26,28)(H,27,29). The van der Waals surface area contributed by atoms with E-state index in [0.717, 1.165) is 29.8 Å². The van der Waals surface area contributed by atoms with E-state index in [1.54, 1.807) is 31.4 Å². The molecule has 164 valence electrons. The van der Waals surface area contributed by atoms with Crippen LogP contribution in [0.1, 0.15) is 9.67 Å². The van der Waals surface area contributed by atoms with Gasteiger partial charge in [-0.15, -0.1) is 11.3 Å². The number of amides is 2. The maximum atomic E-state index is 12.5. The lowest BCUT2D eigenvalue weighted by molar-refractivity contribution is -0.123. The summed E-state index contributed by atoms with van der Waals surface area (Å²) in [6, 6.07) is 14.9. The normalized spacial score (nSPS) is 10.9. The molecule has 0 saturated heterocycles. The van der Waals surface area contributed by atoms with Crippen molar-refractivity contribution in [1.82, 2.24) is 10.9 Å². The summed E-state index contributed by atoms with van der Waals surface area (Å²) in [5, 5.41) is 3.04. The number of carbonyl (C=O) groups is 2. The number of methoxy groups -OCH3 is 1. The van der Waals surface area contributed by atoms with Gasteiger partial charge in [0.15, 0.2) is 6.61 Å². The van der Waals surface area contributed by atoms with Crippen molar-refractivity contribution in [2.75, 3.05) is 13.7 Å². The fourth-order valence-corrected chi connectivity index (χ4v) is 5.46. The van der Waals surface area contributed by atoms with Gasteiger partial charge in [0.1, 0.15) is 16.4 Å². The van der Waals surface area contributed by atoms with Crippen LogP contribution in [0.3, 0.4) is 0 Å². The number of hydrogen-bond acceptors (Lipinski definition) is 5. The van der Waals surface area contributed by atoms with Gasteiger partial charge in [-0.05, 0) is 63.1 Å². The van der Waals surface area contributed by atoms with Crippen molar-refractivity contribution in [3.05, 3.63) is 67.4 Å². The molecule has 2 N–H and O–H groups in total. The molecular weight excluding hydrogens is 584 g/mol. The fourth-order valence-electron chi connectivity index (χ4n) is 3.04. The number of benzene rings is 3. The molecule has 0 radical (unpaired) electrons. The summed E-state index contributed by atoms with van der Waals surface area (Å²) in [6.07, 6.45) is 0. The average molecular weight is 599 g/mol. The topological polar surface area (TPSA) is 76.7 Å². The van der Waals surface area contributed by atoms with Crippen molar-refractivity contribution in [2.24, 2.45) is 0 Å². The maximum absolute atomic E-state index is 12.5. The molecule has 10 heteroatoms. The number of carbonyl (C=O) groups excluding carboxylic acids is 2. The molecule has 0 aliphatic carbocycles. The Morgan fingerprint density at radius 1 is 1.03 bits per heavy atom. The van der Waals surface area contributed by atoms with Crippen molar-refractivity contribution >= 4 is 87.5 Å². The van der Waals surface area contributed by atoms with Gasteiger partial charge in [0.2, 0.25) is 0 Å². The van der Waals surface area contributed by atoms with Gasteiger partial charge in [0.05, 0.1) is 16.6 Å². The van der Waals surface area contributed by atoms with Crippen LogP contribution in [0.15, 0.2) is 57.5 Å². The molecule has 4 aromatic rings. The van der Waals surface area contributed by atoms with Gasteiger partial charge in [-0.25, -0.2) is 0 Å². The Hall–Kier alpha value is -2.33. The van der Waals surface area contributed by atoms with Crippen molar-refractivity contribution in [1.29, 1.82) is 0 Å². The number of fused-ring (bicyclic) bond motifs is 2. The van der Waals surface area contributed by atoms with Gasteiger partial charge in [-0.3, -0.25) is 20.4 Å². The Morgan fingerprint density at radius 3 is 2.59 bits per heavy atom. The zero-order chi connectivity index (χ0) is 22.8. The van der Waals surface area contributed by atoms with Crippen LogP contribution in [-0.2, 0) is 4.79 Å². The molecule has 0 saturated carbocycles. The highest BCUT2D eigenvalue weighted by Gasteiger charge is 2.18. The largest absolute Gasteiger partial charge is 0.497 e. The Bertz CT molecular complexity index is 1360. The Labute approximate surface area is 209 Å². The van der Waals surface area contributed by atoms with E-state index in [-0.39, 0.29) is 6.61 Å². The molecule has 0 unspecified atom stereocenters. The van der Waals surface area contributed by atoms with E-state index in [1.807, 2.05) is 24.3 Å². The number of hydrogen-bond donors (Lipinski definition) is 2. The molecule has 32 heavy (non-hydrogen) atoms. The lowest BCUT2D eigenvalue weighted by atomic mass is 10.1. The molecule has 1 aromatic heterocycles. The molecule has 0 bridgehead atoms. The van der Waals surface area contributed by atoms with Crippen LogP contribution in [0, 0.1) is 0 Å². The third kappa shape index (κ3) is 4.71. The maximum Gasteiger partial charge on any atom is 0.281 e. The van der Waals surface area contributed by atoms with Gasteiger partial charge in [0.25, 0.3) is 11.8 Å². The molecule has 1 heterocycles. The SMILES string of the molecule is COc1ccc2c(Cl)c(C(=O)NNC(=O)COc3ccc4cc(Br)ccc4c3Br)sc2c1. The van der Waals surface area contributed by atoms with E-state index in [4.69, 9.17) is 21.1 Å². The third-order valence-electron chi connectivity index (χ3n) is 4.60. The van der Waals surface area contributed by atoms with Crippen LogP contribution < -0.4 is 20.3 Å². The summed E-state index contributed by atoms with van der Waals surface area (Å²) in [7, 11) is 1.57. The number of rotatable bonds is 5. The lowest BCUT2D eigenvalue weighted by Gasteiger charge is -2.11. The summed E-state index contributed by atoms with van der Waals surface area (Å²) in [6.45, 7) is -0.280. The highest BCUT2D eigenvalue weighted by Crippen LogP contribution is 2.37. The molecule has 0 aliphatic rings. The van der Waals surface area contributed by atoms with Crippen LogP contribution in [0.25, 0.3) is 20.9 Å². The molecule has 2 amide bonds. The molecule has 0 atom stereocenters. The molecule has 0 fully saturated rings. The number of hydrazine groups is 1. The van der Waals surface area contributed by atoms with Crippen molar-refractivity contribution in [3.8, 4) is 11.5 Å². The monoisotopic (exact) mass is 596 g/mol. The van der Waals surface area contributed by atoms with Gasteiger partial charge in [-0.2, -0.15) is 0 Å². The molecule has 0 spiro atoms. The Morgan fingerprint density at radius 2 is 1.81 bits per heavy atom. The first-order chi connectivity index (χ1) is 15.4. The van der Waals surface area contributed by atoms with E-state index in [1.165, 1.54) is 11.3 Å². The van der Waals surface area contributed by atoms with Crippen LogP contribution in [0.2, 0.25) is 5.02 Å². The van der Waals surface area contributed by atoms with Crippen LogP contribution in [0.4, 0.5) is 0 Å². The van der Waals surface area contributed by atoms with Crippen molar-refractivity contribution in [2.45, 2.75) is 0 Å². The first kappa shape index (κ1) is 22.8. The zero-order valence-corrected chi connectivity index (χ0v) is 21.2. The minimum absolute atomic E-state index is 0.280. The Kier molecular flexibility index (Phi) is 6.90. The molecule has 4 rings (SSSR count). The zero-order valence-electron chi connectivity index (χ0n) is 16.5. The average Bonchev–Trinajstić information content (AvgIpc) is 3.12. The molecule has 3 aromatic carbocycles. The van der Waals surface area contributed by atoms with Crippen LogP contribution in [0.5, 0.6) is 11.5 Å². The second-order valence-electron chi connectivity index (χ2n) is 6.64. The molecule has 6 nitrogen and oxygen atoms in total. The number of thiophene rings is 1. The molecular formula is C22H15Br2ClN2O4S. The Balaban J connectivity index is 1.38.